The molecule has 0 fully saturated rings. The Kier molecular flexibility index (Phi) is 5.00. The number of benzene rings is 1. The third-order valence-electron chi connectivity index (χ3n) is 2.58. The number of nitrogens with one attached hydrogen (secondary N) is 1. The molecule has 0 radical (unpaired) electrons. The van der Waals surface area contributed by atoms with Crippen LogP contribution in [0.3, 0.4) is 0 Å². The lowest BCUT2D eigenvalue weighted by Crippen LogP contribution is -2.32. The predicted octanol–water partition coefficient (Wildman–Crippen LogP) is 3.35. The summed E-state index contributed by atoms with van der Waals surface area (Å²) in [5, 5.41) is 2.98. The quantitative estimate of drug-likeness (QED) is 0.844. The number of hydrogen-bond acceptors (Lipinski definition) is 1. The van der Waals surface area contributed by atoms with Crippen molar-refractivity contribution in [3.05, 3.63) is 35.4 Å². The minimum Gasteiger partial charge on any atom is -0.349 e. The molecule has 1 aromatic carbocycles. The molecule has 0 bridgehead atoms. The Labute approximate surface area is 106 Å². The molecule has 2 atom stereocenters. The van der Waals surface area contributed by atoms with Gasteiger partial charge >= 0.3 is 0 Å². The molecule has 1 aromatic rings. The normalized spacial score (nSPS) is 14.2. The van der Waals surface area contributed by atoms with Crippen LogP contribution in [-0.2, 0) is 4.79 Å². The average Bonchev–Trinajstić information content (AvgIpc) is 2.28. The van der Waals surface area contributed by atoms with Crippen LogP contribution in [0, 0.1) is 6.92 Å². The van der Waals surface area contributed by atoms with Crippen molar-refractivity contribution in [3.63, 3.8) is 0 Å². The number of carbonyl (C=O) groups is 1. The lowest BCUT2D eigenvalue weighted by atomic mass is 10.1. The van der Waals surface area contributed by atoms with E-state index in [2.05, 4.69) is 52.4 Å². The fourth-order valence-corrected chi connectivity index (χ4v) is 1.56. The first-order chi connectivity index (χ1) is 7.54. The van der Waals surface area contributed by atoms with Crippen molar-refractivity contribution in [3.8, 4) is 0 Å². The first kappa shape index (κ1) is 13.2. The molecule has 0 aliphatic rings. The third kappa shape index (κ3) is 3.63. The Morgan fingerprint density at radius 3 is 2.44 bits per heavy atom. The molecule has 16 heavy (non-hydrogen) atoms. The number of amides is 1. The highest BCUT2D eigenvalue weighted by atomic mass is 79.9. The third-order valence-corrected chi connectivity index (χ3v) is 3.64. The second-order valence-corrected chi connectivity index (χ2v) is 5.12. The highest BCUT2D eigenvalue weighted by Crippen LogP contribution is 2.14. The van der Waals surface area contributed by atoms with Gasteiger partial charge in [-0.1, -0.05) is 52.7 Å². The van der Waals surface area contributed by atoms with Crippen molar-refractivity contribution in [2.24, 2.45) is 0 Å². The van der Waals surface area contributed by atoms with E-state index in [4.69, 9.17) is 0 Å². The van der Waals surface area contributed by atoms with Crippen molar-refractivity contribution in [1.29, 1.82) is 0 Å². The van der Waals surface area contributed by atoms with Gasteiger partial charge in [-0.3, -0.25) is 4.79 Å². The number of rotatable bonds is 4. The van der Waals surface area contributed by atoms with E-state index in [-0.39, 0.29) is 16.8 Å². The highest BCUT2D eigenvalue weighted by Gasteiger charge is 2.15. The Bertz CT molecular complexity index is 347. The van der Waals surface area contributed by atoms with Gasteiger partial charge < -0.3 is 5.32 Å². The van der Waals surface area contributed by atoms with Gasteiger partial charge in [0.15, 0.2) is 0 Å². The summed E-state index contributed by atoms with van der Waals surface area (Å²) >= 11 is 3.34. The zero-order chi connectivity index (χ0) is 12.1. The van der Waals surface area contributed by atoms with Crippen LogP contribution in [-0.4, -0.2) is 10.7 Å². The molecule has 1 N–H and O–H groups in total. The molecule has 0 aliphatic heterocycles. The molecule has 2 nitrogen and oxygen atoms in total. The van der Waals surface area contributed by atoms with Crippen molar-refractivity contribution < 1.29 is 4.79 Å². The molecule has 0 spiro atoms. The molecule has 0 saturated heterocycles. The second kappa shape index (κ2) is 6.04. The molecule has 1 unspecified atom stereocenters. The van der Waals surface area contributed by atoms with Crippen LogP contribution >= 0.6 is 15.9 Å². The van der Waals surface area contributed by atoms with E-state index in [1.165, 1.54) is 5.56 Å². The minimum absolute atomic E-state index is 0.0515. The Morgan fingerprint density at radius 2 is 1.94 bits per heavy atom. The van der Waals surface area contributed by atoms with Gasteiger partial charge in [0, 0.05) is 0 Å². The molecule has 0 aliphatic carbocycles. The lowest BCUT2D eigenvalue weighted by molar-refractivity contribution is -0.121. The number of hydrogen-bond donors (Lipinski definition) is 1. The number of aryl methyl sites for hydroxylation is 1. The lowest BCUT2D eigenvalue weighted by Gasteiger charge is -2.16. The van der Waals surface area contributed by atoms with Crippen molar-refractivity contribution in [1.82, 2.24) is 5.32 Å². The summed E-state index contributed by atoms with van der Waals surface area (Å²) in [5.41, 5.74) is 2.36. The summed E-state index contributed by atoms with van der Waals surface area (Å²) in [6.07, 6.45) is 0.798. The van der Waals surface area contributed by atoms with Crippen molar-refractivity contribution in [2.45, 2.75) is 38.1 Å². The Morgan fingerprint density at radius 1 is 1.38 bits per heavy atom. The summed E-state index contributed by atoms with van der Waals surface area (Å²) in [7, 11) is 0. The largest absolute Gasteiger partial charge is 0.349 e. The van der Waals surface area contributed by atoms with Crippen LogP contribution in [0.25, 0.3) is 0 Å². The maximum Gasteiger partial charge on any atom is 0.234 e. The summed E-state index contributed by atoms with van der Waals surface area (Å²) in [5.74, 6) is 0.0515. The SMILES string of the molecule is CCC(Br)C(=O)N[C@H](C)c1ccc(C)cc1. The van der Waals surface area contributed by atoms with Crippen LogP contribution < -0.4 is 5.32 Å². The summed E-state index contributed by atoms with van der Waals surface area (Å²) in [4.78, 5) is 11.6. The zero-order valence-corrected chi connectivity index (χ0v) is 11.5. The van der Waals surface area contributed by atoms with Gasteiger partial charge in [-0.05, 0) is 25.8 Å². The standard InChI is InChI=1S/C13H18BrNO/c1-4-12(14)13(16)15-10(3)11-7-5-9(2)6-8-11/h5-8,10,12H,4H2,1-3H3,(H,15,16)/t10-,12?/m1/s1. The summed E-state index contributed by atoms with van der Waals surface area (Å²) < 4.78 is 0. The maximum absolute atomic E-state index is 11.7. The zero-order valence-electron chi connectivity index (χ0n) is 9.96. The number of alkyl halides is 1. The monoisotopic (exact) mass is 283 g/mol. The summed E-state index contributed by atoms with van der Waals surface area (Å²) in [6.45, 7) is 6.03. The van der Waals surface area contributed by atoms with Crippen LogP contribution in [0.5, 0.6) is 0 Å². The van der Waals surface area contributed by atoms with Crippen molar-refractivity contribution in [2.75, 3.05) is 0 Å². The van der Waals surface area contributed by atoms with Crippen LogP contribution in [0.1, 0.15) is 37.4 Å². The van der Waals surface area contributed by atoms with Gasteiger partial charge in [0.2, 0.25) is 5.91 Å². The van der Waals surface area contributed by atoms with Gasteiger partial charge in [0.1, 0.15) is 0 Å². The molecule has 1 amide bonds. The second-order valence-electron chi connectivity index (χ2n) is 4.02. The van der Waals surface area contributed by atoms with Gasteiger partial charge in [-0.2, -0.15) is 0 Å². The topological polar surface area (TPSA) is 29.1 Å². The van der Waals surface area contributed by atoms with E-state index in [1.807, 2.05) is 13.8 Å². The van der Waals surface area contributed by atoms with Crippen LogP contribution in [0.15, 0.2) is 24.3 Å². The smallest absolute Gasteiger partial charge is 0.234 e. The molecule has 3 heteroatoms. The molecular formula is C13H18BrNO. The van der Waals surface area contributed by atoms with E-state index >= 15 is 0 Å². The van der Waals surface area contributed by atoms with Crippen molar-refractivity contribution >= 4 is 21.8 Å². The average molecular weight is 284 g/mol. The highest BCUT2D eigenvalue weighted by molar-refractivity contribution is 9.10. The molecule has 1 rings (SSSR count). The van der Waals surface area contributed by atoms with Crippen LogP contribution in [0.4, 0.5) is 0 Å². The first-order valence-corrected chi connectivity index (χ1v) is 6.47. The van der Waals surface area contributed by atoms with Crippen LogP contribution in [0.2, 0.25) is 0 Å². The fourth-order valence-electron chi connectivity index (χ4n) is 1.43. The number of carbonyl (C=O) groups excluding carboxylic acids is 1. The van der Waals surface area contributed by atoms with Gasteiger partial charge in [-0.15, -0.1) is 0 Å². The molecule has 0 saturated carbocycles. The van der Waals surface area contributed by atoms with E-state index in [0.717, 1.165) is 12.0 Å². The van der Waals surface area contributed by atoms with Gasteiger partial charge in [-0.25, -0.2) is 0 Å². The van der Waals surface area contributed by atoms with E-state index in [0.29, 0.717) is 0 Å². The fraction of sp³-hybridized carbons (Fsp3) is 0.462. The molecule has 0 heterocycles. The molecular weight excluding hydrogens is 266 g/mol. The predicted molar refractivity (Wildman–Crippen MR) is 70.7 cm³/mol. The Hall–Kier alpha value is -0.830. The van der Waals surface area contributed by atoms with E-state index in [9.17, 15) is 4.79 Å². The minimum atomic E-state index is -0.0969. The van der Waals surface area contributed by atoms with Gasteiger partial charge in [0.25, 0.3) is 0 Å². The first-order valence-electron chi connectivity index (χ1n) is 5.55. The van der Waals surface area contributed by atoms with E-state index in [1.54, 1.807) is 0 Å². The maximum atomic E-state index is 11.7. The number of halogens is 1. The molecule has 0 aromatic heterocycles. The van der Waals surface area contributed by atoms with Gasteiger partial charge in [0.05, 0.1) is 10.9 Å². The molecule has 88 valence electrons. The Balaban J connectivity index is 2.62. The van der Waals surface area contributed by atoms with E-state index < -0.39 is 0 Å². The summed E-state index contributed by atoms with van der Waals surface area (Å²) in [6, 6.07) is 8.28.